The van der Waals surface area contributed by atoms with Gasteiger partial charge in [-0.3, -0.25) is 4.90 Å². The molecule has 1 fully saturated rings. The van der Waals surface area contributed by atoms with Crippen LogP contribution in [-0.4, -0.2) is 41.1 Å². The third-order valence-electron chi connectivity index (χ3n) is 3.13. The molecule has 0 unspecified atom stereocenters. The molecule has 0 amide bonds. The molecule has 2 N–H and O–H groups in total. The van der Waals surface area contributed by atoms with Crippen LogP contribution in [-0.2, 0) is 0 Å². The Balaban J connectivity index is 1.74. The van der Waals surface area contributed by atoms with E-state index in [-0.39, 0.29) is 0 Å². The van der Waals surface area contributed by atoms with E-state index in [1.54, 1.807) is 6.20 Å². The summed E-state index contributed by atoms with van der Waals surface area (Å²) in [4.78, 5) is 6.98. The van der Waals surface area contributed by atoms with Gasteiger partial charge in [0.15, 0.2) is 0 Å². The lowest BCUT2D eigenvalue weighted by Gasteiger charge is -2.25. The first-order valence-electron chi connectivity index (χ1n) is 6.37. The fourth-order valence-electron chi connectivity index (χ4n) is 2.07. The molecule has 2 rings (SSSR count). The minimum Gasteiger partial charge on any atom is -0.476 e. The molecule has 1 aliphatic heterocycles. The Hall–Kier alpha value is -1.20. The highest BCUT2D eigenvalue weighted by Crippen LogP contribution is 2.10. The van der Waals surface area contributed by atoms with Gasteiger partial charge in [-0.05, 0) is 32.0 Å². The quantitative estimate of drug-likeness (QED) is 0.819. The normalized spacial score (nSPS) is 16.4. The van der Waals surface area contributed by atoms with E-state index in [0.717, 1.165) is 12.1 Å². The summed E-state index contributed by atoms with van der Waals surface area (Å²) in [7, 11) is 0. The van der Waals surface area contributed by atoms with Crippen LogP contribution in [0.25, 0.3) is 0 Å². The van der Waals surface area contributed by atoms with E-state index in [1.165, 1.54) is 32.4 Å². The second kappa shape index (κ2) is 6.66. The van der Waals surface area contributed by atoms with Crippen molar-refractivity contribution in [1.82, 2.24) is 9.88 Å². The first-order chi connectivity index (χ1) is 8.75. The molecule has 1 aliphatic rings. The number of nitrogens with two attached hydrogens (primary N) is 1. The first-order valence-corrected chi connectivity index (χ1v) is 6.77. The van der Waals surface area contributed by atoms with Crippen LogP contribution in [0.4, 0.5) is 0 Å². The van der Waals surface area contributed by atoms with Crippen LogP contribution in [0.2, 0.25) is 0 Å². The van der Waals surface area contributed by atoms with E-state index >= 15 is 0 Å². The zero-order valence-corrected chi connectivity index (χ0v) is 11.3. The zero-order chi connectivity index (χ0) is 12.8. The molecule has 0 radical (unpaired) electrons. The monoisotopic (exact) mass is 265 g/mol. The third-order valence-corrected chi connectivity index (χ3v) is 3.36. The van der Waals surface area contributed by atoms with E-state index in [2.05, 4.69) is 9.88 Å². The summed E-state index contributed by atoms with van der Waals surface area (Å²) in [6, 6.07) is 3.65. The van der Waals surface area contributed by atoms with Crippen LogP contribution in [0.3, 0.4) is 0 Å². The molecule has 1 aromatic rings. The maximum Gasteiger partial charge on any atom is 0.213 e. The van der Waals surface area contributed by atoms with Gasteiger partial charge in [-0.15, -0.1) is 0 Å². The Labute approximate surface area is 113 Å². The lowest BCUT2D eigenvalue weighted by molar-refractivity contribution is 0.180. The van der Waals surface area contributed by atoms with E-state index < -0.39 is 0 Å². The van der Waals surface area contributed by atoms with Gasteiger partial charge in [0.1, 0.15) is 11.6 Å². The van der Waals surface area contributed by atoms with Crippen molar-refractivity contribution in [3.63, 3.8) is 0 Å². The first kappa shape index (κ1) is 13.2. The Bertz CT molecular complexity index is 388. The highest BCUT2D eigenvalue weighted by atomic mass is 32.1. The number of rotatable bonds is 5. The summed E-state index contributed by atoms with van der Waals surface area (Å²) in [5, 5.41) is 0. The largest absolute Gasteiger partial charge is 0.476 e. The average Bonchev–Trinajstić information content (AvgIpc) is 2.40. The topological polar surface area (TPSA) is 51.4 Å². The van der Waals surface area contributed by atoms with E-state index in [9.17, 15) is 0 Å². The average molecular weight is 265 g/mol. The SMILES string of the molecule is NC(=S)c1ccc(OCCN2CCCCC2)nc1. The summed E-state index contributed by atoms with van der Waals surface area (Å²) in [6.07, 6.45) is 5.62. The fraction of sp³-hybridized carbons (Fsp3) is 0.538. The molecule has 0 aromatic carbocycles. The lowest BCUT2D eigenvalue weighted by Crippen LogP contribution is -2.33. The number of piperidine rings is 1. The van der Waals surface area contributed by atoms with E-state index in [0.29, 0.717) is 17.5 Å². The molecule has 98 valence electrons. The fourth-order valence-corrected chi connectivity index (χ4v) is 2.19. The molecular formula is C13H19N3OS. The Morgan fingerprint density at radius 3 is 2.72 bits per heavy atom. The second-order valence-electron chi connectivity index (χ2n) is 4.50. The van der Waals surface area contributed by atoms with Crippen LogP contribution >= 0.6 is 12.2 Å². The highest BCUT2D eigenvalue weighted by molar-refractivity contribution is 7.80. The summed E-state index contributed by atoms with van der Waals surface area (Å²) < 4.78 is 5.61. The predicted molar refractivity (Wildman–Crippen MR) is 75.9 cm³/mol. The van der Waals surface area contributed by atoms with Gasteiger partial charge in [-0.2, -0.15) is 0 Å². The van der Waals surface area contributed by atoms with E-state index in [4.69, 9.17) is 22.7 Å². The van der Waals surface area contributed by atoms with Crippen LogP contribution < -0.4 is 10.5 Å². The van der Waals surface area contributed by atoms with Gasteiger partial charge < -0.3 is 10.5 Å². The number of likely N-dealkylation sites (tertiary alicyclic amines) is 1. The molecular weight excluding hydrogens is 246 g/mol. The van der Waals surface area contributed by atoms with Crippen LogP contribution in [0.1, 0.15) is 24.8 Å². The molecule has 1 aromatic heterocycles. The maximum absolute atomic E-state index is 5.61. The molecule has 0 bridgehead atoms. The van der Waals surface area contributed by atoms with Crippen molar-refractivity contribution in [1.29, 1.82) is 0 Å². The molecule has 0 aliphatic carbocycles. The summed E-state index contributed by atoms with van der Waals surface area (Å²) >= 11 is 4.87. The van der Waals surface area contributed by atoms with Crippen molar-refractivity contribution in [2.75, 3.05) is 26.2 Å². The predicted octanol–water partition coefficient (Wildman–Crippen LogP) is 1.58. The van der Waals surface area contributed by atoms with Gasteiger partial charge in [-0.1, -0.05) is 18.6 Å². The van der Waals surface area contributed by atoms with Crippen LogP contribution in [0.15, 0.2) is 18.3 Å². The number of nitrogens with zero attached hydrogens (tertiary/aromatic N) is 2. The number of hydrogen-bond acceptors (Lipinski definition) is 4. The summed E-state index contributed by atoms with van der Waals surface area (Å²) in [5.41, 5.74) is 6.28. The van der Waals surface area contributed by atoms with Gasteiger partial charge in [-0.25, -0.2) is 4.98 Å². The number of ether oxygens (including phenoxy) is 1. The summed E-state index contributed by atoms with van der Waals surface area (Å²) in [5.74, 6) is 0.631. The second-order valence-corrected chi connectivity index (χ2v) is 4.94. The molecule has 0 spiro atoms. The van der Waals surface area contributed by atoms with E-state index in [1.807, 2.05) is 12.1 Å². The highest BCUT2D eigenvalue weighted by Gasteiger charge is 2.09. The molecule has 5 heteroatoms. The lowest BCUT2D eigenvalue weighted by atomic mass is 10.1. The maximum atomic E-state index is 5.61. The Kier molecular flexibility index (Phi) is 4.90. The molecule has 0 atom stereocenters. The van der Waals surface area contributed by atoms with Crippen molar-refractivity contribution < 1.29 is 4.74 Å². The minimum absolute atomic E-state index is 0.363. The van der Waals surface area contributed by atoms with Gasteiger partial charge in [0.25, 0.3) is 0 Å². The van der Waals surface area contributed by atoms with Crippen LogP contribution in [0, 0.1) is 0 Å². The van der Waals surface area contributed by atoms with Gasteiger partial charge >= 0.3 is 0 Å². The van der Waals surface area contributed by atoms with Crippen molar-refractivity contribution in [3.05, 3.63) is 23.9 Å². The number of aromatic nitrogens is 1. The van der Waals surface area contributed by atoms with Crippen molar-refractivity contribution in [2.24, 2.45) is 5.73 Å². The summed E-state index contributed by atoms with van der Waals surface area (Å²) in [6.45, 7) is 4.03. The molecule has 1 saturated heterocycles. The third kappa shape index (κ3) is 3.92. The zero-order valence-electron chi connectivity index (χ0n) is 10.5. The molecule has 18 heavy (non-hydrogen) atoms. The van der Waals surface area contributed by atoms with Crippen molar-refractivity contribution >= 4 is 17.2 Å². The standard InChI is InChI=1S/C13H19N3OS/c14-13(18)11-4-5-12(15-10-11)17-9-8-16-6-2-1-3-7-16/h4-5,10H,1-3,6-9H2,(H2,14,18). The number of thiocarbonyl (C=S) groups is 1. The molecule has 2 heterocycles. The van der Waals surface area contributed by atoms with Crippen molar-refractivity contribution in [2.45, 2.75) is 19.3 Å². The Morgan fingerprint density at radius 2 is 2.11 bits per heavy atom. The number of hydrogen-bond donors (Lipinski definition) is 1. The smallest absolute Gasteiger partial charge is 0.213 e. The number of pyridine rings is 1. The van der Waals surface area contributed by atoms with Crippen LogP contribution in [0.5, 0.6) is 5.88 Å². The van der Waals surface area contributed by atoms with Gasteiger partial charge in [0, 0.05) is 24.4 Å². The molecule has 0 saturated carbocycles. The van der Waals surface area contributed by atoms with Crippen molar-refractivity contribution in [3.8, 4) is 5.88 Å². The van der Waals surface area contributed by atoms with Gasteiger partial charge in [0.05, 0.1) is 0 Å². The Morgan fingerprint density at radius 1 is 1.33 bits per heavy atom. The van der Waals surface area contributed by atoms with Gasteiger partial charge in [0.2, 0.25) is 5.88 Å². The minimum atomic E-state index is 0.363. The molecule has 4 nitrogen and oxygen atoms in total.